The number of hydrogen-bond acceptors (Lipinski definition) is 17. The fourth-order valence-electron chi connectivity index (χ4n) is 10.3. The zero-order valence-electron chi connectivity index (χ0n) is 39.8. The summed E-state index contributed by atoms with van der Waals surface area (Å²) in [7, 11) is 1.52. The molecule has 2 aromatic rings. The molecule has 0 bridgehead atoms. The Kier molecular flexibility index (Phi) is 14.4. The molecule has 6 aliphatic rings. The average Bonchev–Trinajstić information content (AvgIpc) is 3.86. The Morgan fingerprint density at radius 3 is 2.31 bits per heavy atom. The molecule has 3 saturated heterocycles. The second kappa shape index (κ2) is 20.1. The van der Waals surface area contributed by atoms with Crippen molar-refractivity contribution in [2.75, 3.05) is 32.1 Å². The first-order chi connectivity index (χ1) is 33.2. The van der Waals surface area contributed by atoms with E-state index in [0.29, 0.717) is 32.4 Å². The zero-order valence-corrected chi connectivity index (χ0v) is 39.8. The van der Waals surface area contributed by atoms with Gasteiger partial charge in [0.05, 0.1) is 41.2 Å². The van der Waals surface area contributed by atoms with Gasteiger partial charge in [0, 0.05) is 80.8 Å². The van der Waals surface area contributed by atoms with E-state index in [4.69, 9.17) is 23.7 Å². The van der Waals surface area contributed by atoms with Crippen LogP contribution in [-0.4, -0.2) is 154 Å². The smallest absolute Gasteiger partial charge is 0.253 e. The molecule has 0 aromatic heterocycles. The SMILES string of the molecule is CO[C@H]1OCCN2[C@@H]1O[C@@H]1[C@H](C)O[C@@H](O[C@H]3C[C@](O)(C(C)=O)Cc4c(O)c5c(c(O)c43)C(=O)c3c(NC(=O)[C@H](C)NC(=O)[C@@H](NC(=O)CCCCCN4C(=O)C=CC4=O)C(C)C)cccc3C5=O)C[C@@H]12. The number of aromatic hydroxyl groups is 2. The molecule has 4 aliphatic heterocycles. The van der Waals surface area contributed by atoms with Crippen LogP contribution in [0.4, 0.5) is 5.69 Å². The van der Waals surface area contributed by atoms with Gasteiger partial charge in [0.1, 0.15) is 35.3 Å². The quantitative estimate of drug-likeness (QED) is 0.0678. The lowest BCUT2D eigenvalue weighted by Crippen LogP contribution is -2.55. The van der Waals surface area contributed by atoms with Gasteiger partial charge in [0.15, 0.2) is 36.2 Å². The Bertz CT molecular complexity index is 2530. The normalized spacial score (nSPS) is 27.8. The Balaban J connectivity index is 0.979. The summed E-state index contributed by atoms with van der Waals surface area (Å²) in [5, 5.41) is 43.8. The highest BCUT2D eigenvalue weighted by molar-refractivity contribution is 6.32. The molecule has 8 rings (SSSR count). The summed E-state index contributed by atoms with van der Waals surface area (Å²) in [6.45, 7) is 8.95. The standard InChI is InChI=1S/C49H59N5O16/c1-22(2)39(52-31(56)13-8-7-9-16-54-32(57)14-15-33(54)58)46(64)50-23(3)45(63)51-28-12-10-11-26-35(28)42(61)38-37(40(26)59)41(60)27-20-49(65,25(5)55)21-30(36(27)43(38)62)69-34-19-29-44(24(4)68-34)70-47-48(66-6)67-18-17-53(29)47/h10-12,14-15,22-24,29-30,34,39,44,47-48,60,62,65H,7-9,13,16-21H2,1-6H3,(H,50,64)(H,51,63)(H,52,56)/t23-,24-,29-,30-,34-,39-,44+,47+,48-,49-/m0/s1. The molecule has 0 saturated carbocycles. The molecule has 3 fully saturated rings. The number of nitrogens with one attached hydrogen (secondary N) is 3. The van der Waals surface area contributed by atoms with E-state index in [9.17, 15) is 53.7 Å². The highest BCUT2D eigenvalue weighted by Gasteiger charge is 2.55. The van der Waals surface area contributed by atoms with Gasteiger partial charge < -0.3 is 55.0 Å². The number of ketones is 3. The summed E-state index contributed by atoms with van der Waals surface area (Å²) in [4.78, 5) is 109. The molecule has 6 N–H and O–H groups in total. The number of fused-ring (bicyclic) bond motifs is 6. The molecule has 2 aliphatic carbocycles. The molecule has 10 atom stereocenters. The summed E-state index contributed by atoms with van der Waals surface area (Å²) in [6, 6.07) is 1.58. The number of anilines is 1. The van der Waals surface area contributed by atoms with Crippen molar-refractivity contribution in [3.8, 4) is 11.5 Å². The van der Waals surface area contributed by atoms with Crippen LogP contribution in [0.1, 0.15) is 122 Å². The number of imide groups is 1. The fourth-order valence-corrected chi connectivity index (χ4v) is 10.3. The minimum atomic E-state index is -2.11. The molecule has 0 unspecified atom stereocenters. The van der Waals surface area contributed by atoms with Gasteiger partial charge in [-0.2, -0.15) is 0 Å². The summed E-state index contributed by atoms with van der Waals surface area (Å²) in [6.07, 6.45) is -1.09. The van der Waals surface area contributed by atoms with E-state index >= 15 is 0 Å². The monoisotopic (exact) mass is 973 g/mol. The Morgan fingerprint density at radius 1 is 0.914 bits per heavy atom. The van der Waals surface area contributed by atoms with Crippen LogP contribution in [0.2, 0.25) is 0 Å². The first-order valence-electron chi connectivity index (χ1n) is 23.6. The second-order valence-electron chi connectivity index (χ2n) is 19.1. The molecule has 21 nitrogen and oxygen atoms in total. The van der Waals surface area contributed by atoms with Crippen LogP contribution in [0.25, 0.3) is 0 Å². The fraction of sp³-hybridized carbons (Fsp3) is 0.551. The van der Waals surface area contributed by atoms with Crippen molar-refractivity contribution < 1.29 is 77.4 Å². The van der Waals surface area contributed by atoms with Crippen LogP contribution in [0.3, 0.4) is 0 Å². The van der Waals surface area contributed by atoms with E-state index in [-0.39, 0.29) is 71.3 Å². The van der Waals surface area contributed by atoms with Crippen LogP contribution in [-0.2, 0) is 58.9 Å². The topological polar surface area (TPSA) is 286 Å². The first kappa shape index (κ1) is 50.4. The third-order valence-corrected chi connectivity index (χ3v) is 14.1. The third-order valence-electron chi connectivity index (χ3n) is 14.1. The largest absolute Gasteiger partial charge is 0.507 e. The van der Waals surface area contributed by atoms with E-state index in [1.165, 1.54) is 51.3 Å². The van der Waals surface area contributed by atoms with Gasteiger partial charge in [0.2, 0.25) is 17.7 Å². The van der Waals surface area contributed by atoms with Gasteiger partial charge in [-0.15, -0.1) is 0 Å². The number of morpholine rings is 1. The third kappa shape index (κ3) is 9.38. The maximum absolute atomic E-state index is 14.7. The lowest BCUT2D eigenvalue weighted by molar-refractivity contribution is -0.256. The number of aliphatic hydroxyl groups is 1. The first-order valence-corrected chi connectivity index (χ1v) is 23.6. The number of Topliss-reactive ketones (excluding diaryl/α,β-unsaturated/α-hetero) is 1. The molecule has 0 radical (unpaired) electrons. The summed E-state index contributed by atoms with van der Waals surface area (Å²) in [5.74, 6) is -6.95. The van der Waals surface area contributed by atoms with Crippen molar-refractivity contribution in [3.63, 3.8) is 0 Å². The molecule has 4 heterocycles. The molecule has 376 valence electrons. The minimum absolute atomic E-state index is 0.0721. The van der Waals surface area contributed by atoms with Crippen molar-refractivity contribution >= 4 is 52.6 Å². The molecular weight excluding hydrogens is 915 g/mol. The van der Waals surface area contributed by atoms with Gasteiger partial charge in [0.25, 0.3) is 11.8 Å². The molecule has 0 spiro atoms. The maximum atomic E-state index is 14.7. The summed E-state index contributed by atoms with van der Waals surface area (Å²) < 4.78 is 30.4. The predicted molar refractivity (Wildman–Crippen MR) is 243 cm³/mol. The predicted octanol–water partition coefficient (Wildman–Crippen LogP) is 1.80. The van der Waals surface area contributed by atoms with Gasteiger partial charge in [-0.05, 0) is 45.6 Å². The van der Waals surface area contributed by atoms with Crippen molar-refractivity contribution in [2.45, 2.75) is 140 Å². The van der Waals surface area contributed by atoms with Gasteiger partial charge in [-0.25, -0.2) is 0 Å². The van der Waals surface area contributed by atoms with Crippen molar-refractivity contribution in [2.24, 2.45) is 5.92 Å². The molecule has 21 heteroatoms. The lowest BCUT2D eigenvalue weighted by atomic mass is 9.72. The van der Waals surface area contributed by atoms with E-state index in [1.807, 2.05) is 6.92 Å². The number of phenols is 2. The number of carbonyl (C=O) groups is 8. The van der Waals surface area contributed by atoms with E-state index in [1.54, 1.807) is 13.8 Å². The number of benzene rings is 2. The molecule has 2 aromatic carbocycles. The number of phenolic OH excluding ortho intramolecular Hbond substituents is 2. The Hall–Kier alpha value is -5.94. The minimum Gasteiger partial charge on any atom is -0.507 e. The number of nitrogens with zero attached hydrogens (tertiary/aromatic N) is 2. The van der Waals surface area contributed by atoms with Crippen molar-refractivity contribution in [1.82, 2.24) is 20.4 Å². The van der Waals surface area contributed by atoms with Crippen molar-refractivity contribution in [3.05, 3.63) is 63.7 Å². The number of carbonyl (C=O) groups excluding carboxylic acids is 8. The number of ether oxygens (including phenoxy) is 5. The van der Waals surface area contributed by atoms with E-state index < -0.39 is 125 Å². The highest BCUT2D eigenvalue weighted by Crippen LogP contribution is 2.53. The number of amides is 5. The van der Waals surface area contributed by atoms with Crippen LogP contribution in [0, 0.1) is 5.92 Å². The second-order valence-corrected chi connectivity index (χ2v) is 19.1. The van der Waals surface area contributed by atoms with Crippen LogP contribution in [0.5, 0.6) is 11.5 Å². The molecule has 70 heavy (non-hydrogen) atoms. The van der Waals surface area contributed by atoms with E-state index in [0.717, 1.165) is 4.90 Å². The van der Waals surface area contributed by atoms with Gasteiger partial charge in [-0.3, -0.25) is 48.2 Å². The lowest BCUT2D eigenvalue weighted by Gasteiger charge is -2.43. The number of methoxy groups -OCH3 is 1. The Labute approximate surface area is 403 Å². The van der Waals surface area contributed by atoms with Gasteiger partial charge >= 0.3 is 0 Å². The molecule has 5 amide bonds. The molecular formula is C49H59N5O16. The average molecular weight is 974 g/mol. The zero-order chi connectivity index (χ0) is 50.5. The van der Waals surface area contributed by atoms with Crippen LogP contribution in [0.15, 0.2) is 30.4 Å². The number of rotatable bonds is 16. The van der Waals surface area contributed by atoms with Crippen molar-refractivity contribution in [1.29, 1.82) is 0 Å². The number of unbranched alkanes of at least 4 members (excludes halogenated alkanes) is 2. The van der Waals surface area contributed by atoms with Crippen LogP contribution >= 0.6 is 0 Å². The summed E-state index contributed by atoms with van der Waals surface area (Å²) in [5.41, 5.74) is -4.19. The maximum Gasteiger partial charge on any atom is 0.253 e. The van der Waals surface area contributed by atoms with E-state index in [2.05, 4.69) is 20.9 Å². The highest BCUT2D eigenvalue weighted by atomic mass is 16.7. The number of hydrogen-bond donors (Lipinski definition) is 6. The Morgan fingerprint density at radius 2 is 1.63 bits per heavy atom. The van der Waals surface area contributed by atoms with Gasteiger partial charge in [-0.1, -0.05) is 32.4 Å². The van der Waals surface area contributed by atoms with Crippen LogP contribution < -0.4 is 16.0 Å². The summed E-state index contributed by atoms with van der Waals surface area (Å²) >= 11 is 0.